The number of nitrogens with two attached hydrogens (primary N) is 1. The van der Waals surface area contributed by atoms with Crippen LogP contribution in [0.25, 0.3) is 0 Å². The molecule has 1 aliphatic carbocycles. The fourth-order valence-electron chi connectivity index (χ4n) is 2.56. The lowest BCUT2D eigenvalue weighted by molar-refractivity contribution is 0.623. The fourth-order valence-corrected chi connectivity index (χ4v) is 3.93. The van der Waals surface area contributed by atoms with Crippen molar-refractivity contribution in [2.45, 2.75) is 31.7 Å². The molecule has 3 rings (SSSR count). The molecule has 0 bridgehead atoms. The average Bonchev–Trinajstić information content (AvgIpc) is 2.94. The minimum Gasteiger partial charge on any atom is -0.323 e. The Morgan fingerprint density at radius 3 is 2.89 bits per heavy atom. The van der Waals surface area contributed by atoms with Crippen molar-refractivity contribution in [3.05, 3.63) is 56.0 Å². The average molecular weight is 296 g/mol. The zero-order valence-electron chi connectivity index (χ0n) is 10.5. The molecule has 1 aromatic carbocycles. The van der Waals surface area contributed by atoms with Gasteiger partial charge in [0.15, 0.2) is 0 Å². The van der Waals surface area contributed by atoms with Crippen molar-refractivity contribution in [3.63, 3.8) is 0 Å². The van der Waals surface area contributed by atoms with Gasteiger partial charge in [-0.05, 0) is 55.0 Å². The summed E-state index contributed by atoms with van der Waals surface area (Å²) in [5.74, 6) is -0.375. The highest BCUT2D eigenvalue weighted by atomic mass is 35.5. The van der Waals surface area contributed by atoms with Crippen LogP contribution in [0.5, 0.6) is 0 Å². The van der Waals surface area contributed by atoms with Gasteiger partial charge in [0.25, 0.3) is 0 Å². The van der Waals surface area contributed by atoms with Crippen molar-refractivity contribution >= 4 is 22.9 Å². The smallest absolute Gasteiger partial charge is 0.142 e. The number of fused-ring (bicyclic) bond motifs is 1. The molecule has 2 N–H and O–H groups in total. The summed E-state index contributed by atoms with van der Waals surface area (Å²) in [4.78, 5) is 2.69. The first-order valence-electron chi connectivity index (χ1n) is 6.44. The standard InChI is InChI=1S/C15H15ClFNS/c16-11-5-4-9(6-12(11)17)7-13(18)15-8-10-2-1-3-14(10)19-15/h4-6,8,13H,1-3,7,18H2. The third-order valence-electron chi connectivity index (χ3n) is 3.57. The summed E-state index contributed by atoms with van der Waals surface area (Å²) in [6.45, 7) is 0. The maximum Gasteiger partial charge on any atom is 0.142 e. The quantitative estimate of drug-likeness (QED) is 0.899. The van der Waals surface area contributed by atoms with Crippen LogP contribution in [0.1, 0.15) is 33.3 Å². The first-order valence-corrected chi connectivity index (χ1v) is 7.64. The Kier molecular flexibility index (Phi) is 3.61. The van der Waals surface area contributed by atoms with E-state index in [0.717, 1.165) is 5.56 Å². The summed E-state index contributed by atoms with van der Waals surface area (Å²) in [5.41, 5.74) is 8.58. The van der Waals surface area contributed by atoms with Crippen molar-refractivity contribution in [1.29, 1.82) is 0 Å². The molecule has 0 radical (unpaired) electrons. The molecule has 1 unspecified atom stereocenters. The van der Waals surface area contributed by atoms with Crippen molar-refractivity contribution in [2.75, 3.05) is 0 Å². The molecule has 1 aliphatic rings. The van der Waals surface area contributed by atoms with Crippen LogP contribution in [0.15, 0.2) is 24.3 Å². The van der Waals surface area contributed by atoms with Crippen LogP contribution >= 0.6 is 22.9 Å². The van der Waals surface area contributed by atoms with Crippen LogP contribution in [-0.4, -0.2) is 0 Å². The van der Waals surface area contributed by atoms with Crippen LogP contribution in [0.2, 0.25) is 5.02 Å². The molecule has 1 nitrogen and oxygen atoms in total. The Bertz CT molecular complexity index is 587. The minimum absolute atomic E-state index is 0.0591. The molecule has 1 atom stereocenters. The second kappa shape index (κ2) is 5.23. The second-order valence-corrected chi connectivity index (χ2v) is 6.59. The molecule has 2 aromatic rings. The van der Waals surface area contributed by atoms with Crippen molar-refractivity contribution < 1.29 is 4.39 Å². The van der Waals surface area contributed by atoms with Gasteiger partial charge in [-0.25, -0.2) is 4.39 Å². The molecule has 0 aliphatic heterocycles. The van der Waals surface area contributed by atoms with Gasteiger partial charge in [-0.3, -0.25) is 0 Å². The summed E-state index contributed by atoms with van der Waals surface area (Å²) in [5, 5.41) is 0.160. The third kappa shape index (κ3) is 2.69. The summed E-state index contributed by atoms with van der Waals surface area (Å²) < 4.78 is 13.4. The van der Waals surface area contributed by atoms with Gasteiger partial charge in [-0.2, -0.15) is 0 Å². The van der Waals surface area contributed by atoms with Crippen molar-refractivity contribution in [2.24, 2.45) is 5.73 Å². The Balaban J connectivity index is 1.76. The molecule has 0 spiro atoms. The lowest BCUT2D eigenvalue weighted by atomic mass is 10.0. The first-order chi connectivity index (χ1) is 9.13. The number of hydrogen-bond acceptors (Lipinski definition) is 2. The van der Waals surface area contributed by atoms with E-state index >= 15 is 0 Å². The van der Waals surface area contributed by atoms with Crippen molar-refractivity contribution in [3.8, 4) is 0 Å². The molecule has 0 saturated carbocycles. The summed E-state index contributed by atoms with van der Waals surface area (Å²) in [6.07, 6.45) is 4.27. The lowest BCUT2D eigenvalue weighted by Gasteiger charge is -2.10. The van der Waals surface area contributed by atoms with E-state index in [1.807, 2.05) is 17.4 Å². The van der Waals surface area contributed by atoms with Crippen LogP contribution in [0, 0.1) is 5.82 Å². The monoisotopic (exact) mass is 295 g/mol. The lowest BCUT2D eigenvalue weighted by Crippen LogP contribution is -2.12. The molecular weight excluding hydrogens is 281 g/mol. The highest BCUT2D eigenvalue weighted by Crippen LogP contribution is 2.34. The Morgan fingerprint density at radius 2 is 2.16 bits per heavy atom. The van der Waals surface area contributed by atoms with Gasteiger partial charge in [0.2, 0.25) is 0 Å². The number of aryl methyl sites for hydroxylation is 2. The maximum absolute atomic E-state index is 13.4. The van der Waals surface area contributed by atoms with Crippen LogP contribution < -0.4 is 5.73 Å². The van der Waals surface area contributed by atoms with E-state index in [9.17, 15) is 4.39 Å². The molecule has 100 valence electrons. The van der Waals surface area contributed by atoms with E-state index in [1.165, 1.54) is 40.6 Å². The van der Waals surface area contributed by atoms with Gasteiger partial charge in [-0.1, -0.05) is 17.7 Å². The Hall–Kier alpha value is -0.900. The minimum atomic E-state index is -0.375. The molecule has 19 heavy (non-hydrogen) atoms. The molecule has 0 saturated heterocycles. The zero-order valence-corrected chi connectivity index (χ0v) is 12.0. The molecule has 0 fully saturated rings. The van der Waals surface area contributed by atoms with Crippen molar-refractivity contribution in [1.82, 2.24) is 0 Å². The highest BCUT2D eigenvalue weighted by molar-refractivity contribution is 7.12. The highest BCUT2D eigenvalue weighted by Gasteiger charge is 2.18. The molecule has 1 heterocycles. The van der Waals surface area contributed by atoms with E-state index in [0.29, 0.717) is 6.42 Å². The van der Waals surface area contributed by atoms with Gasteiger partial charge in [0.05, 0.1) is 5.02 Å². The molecule has 1 aromatic heterocycles. The van der Waals surface area contributed by atoms with E-state index in [4.69, 9.17) is 17.3 Å². The summed E-state index contributed by atoms with van der Waals surface area (Å²) >= 11 is 7.49. The normalized spacial score (nSPS) is 15.5. The van der Waals surface area contributed by atoms with Crippen LogP contribution in [0.3, 0.4) is 0 Å². The number of rotatable bonds is 3. The van der Waals surface area contributed by atoms with Gasteiger partial charge in [-0.15, -0.1) is 11.3 Å². The second-order valence-electron chi connectivity index (χ2n) is 5.01. The van der Waals surface area contributed by atoms with Crippen LogP contribution in [-0.2, 0) is 19.3 Å². The van der Waals surface area contributed by atoms with E-state index in [-0.39, 0.29) is 16.9 Å². The first kappa shape index (κ1) is 13.1. The number of thiophene rings is 1. The number of benzene rings is 1. The number of halogens is 2. The zero-order chi connectivity index (χ0) is 13.4. The Labute approximate surface area is 121 Å². The summed E-state index contributed by atoms with van der Waals surface area (Å²) in [7, 11) is 0. The van der Waals surface area contributed by atoms with E-state index < -0.39 is 0 Å². The maximum atomic E-state index is 13.4. The van der Waals surface area contributed by atoms with Gasteiger partial charge < -0.3 is 5.73 Å². The predicted octanol–water partition coefficient (Wildman–Crippen LogP) is 4.27. The molecule has 0 amide bonds. The topological polar surface area (TPSA) is 26.0 Å². The SMILES string of the molecule is NC(Cc1ccc(Cl)c(F)c1)c1cc2c(s1)CCC2. The van der Waals surface area contributed by atoms with Gasteiger partial charge >= 0.3 is 0 Å². The third-order valence-corrected chi connectivity index (χ3v) is 5.25. The predicted molar refractivity (Wildman–Crippen MR) is 78.4 cm³/mol. The molecular formula is C15H15ClFNS. The van der Waals surface area contributed by atoms with Gasteiger partial charge in [0.1, 0.15) is 5.82 Å². The fraction of sp³-hybridized carbons (Fsp3) is 0.333. The largest absolute Gasteiger partial charge is 0.323 e. The van der Waals surface area contributed by atoms with Gasteiger partial charge in [0, 0.05) is 15.8 Å². The summed E-state index contributed by atoms with van der Waals surface area (Å²) in [6, 6.07) is 7.07. The molecule has 4 heteroatoms. The van der Waals surface area contributed by atoms with Crippen LogP contribution in [0.4, 0.5) is 4.39 Å². The van der Waals surface area contributed by atoms with E-state index in [2.05, 4.69) is 6.07 Å². The Morgan fingerprint density at radius 1 is 1.32 bits per heavy atom. The number of hydrogen-bond donors (Lipinski definition) is 1. The van der Waals surface area contributed by atoms with E-state index in [1.54, 1.807) is 6.07 Å².